The predicted molar refractivity (Wildman–Crippen MR) is 90.0 cm³/mol. The van der Waals surface area contributed by atoms with Crippen LogP contribution in [0.4, 0.5) is 0 Å². The van der Waals surface area contributed by atoms with Crippen molar-refractivity contribution < 1.29 is 14.4 Å². The zero-order valence-corrected chi connectivity index (χ0v) is 14.6. The van der Waals surface area contributed by atoms with E-state index in [0.717, 1.165) is 14.7 Å². The average molecular weight is 368 g/mol. The maximum absolute atomic E-state index is 12.4. The van der Waals surface area contributed by atoms with Crippen molar-refractivity contribution in [3.63, 3.8) is 0 Å². The van der Waals surface area contributed by atoms with Gasteiger partial charge in [0.25, 0.3) is 11.8 Å². The molecular formula is C16H11Cl2NO3S. The van der Waals surface area contributed by atoms with Crippen molar-refractivity contribution in [1.29, 1.82) is 0 Å². The van der Waals surface area contributed by atoms with E-state index < -0.39 is 11.8 Å². The fourth-order valence-electron chi connectivity index (χ4n) is 2.56. The number of imide groups is 1. The SMILES string of the molecule is Cc1cc(C(=O)CN2C(=O)c3cc(Cl)c(Cl)cc3C2=O)c(C)s1. The Morgan fingerprint density at radius 2 is 1.57 bits per heavy atom. The number of rotatable bonds is 3. The molecule has 0 bridgehead atoms. The van der Waals surface area contributed by atoms with Gasteiger partial charge in [0.05, 0.1) is 27.7 Å². The molecule has 0 saturated heterocycles. The number of benzene rings is 1. The molecule has 0 spiro atoms. The van der Waals surface area contributed by atoms with E-state index in [9.17, 15) is 14.4 Å². The van der Waals surface area contributed by atoms with Gasteiger partial charge in [-0.3, -0.25) is 19.3 Å². The number of carbonyl (C=O) groups is 3. The minimum atomic E-state index is -0.526. The van der Waals surface area contributed by atoms with Crippen molar-refractivity contribution in [2.75, 3.05) is 6.54 Å². The van der Waals surface area contributed by atoms with E-state index in [1.54, 1.807) is 6.07 Å². The third-order valence-corrected chi connectivity index (χ3v) is 5.34. The van der Waals surface area contributed by atoms with Crippen molar-refractivity contribution in [3.8, 4) is 0 Å². The summed E-state index contributed by atoms with van der Waals surface area (Å²) in [6.45, 7) is 3.45. The van der Waals surface area contributed by atoms with Gasteiger partial charge in [0.1, 0.15) is 0 Å². The number of Topliss-reactive ketones (excluding diaryl/α,β-unsaturated/α-hetero) is 1. The van der Waals surface area contributed by atoms with Crippen LogP contribution in [0.3, 0.4) is 0 Å². The number of hydrogen-bond donors (Lipinski definition) is 0. The number of ketones is 1. The van der Waals surface area contributed by atoms with Crippen LogP contribution in [0, 0.1) is 13.8 Å². The first-order valence-electron chi connectivity index (χ1n) is 6.75. The van der Waals surface area contributed by atoms with E-state index in [1.165, 1.54) is 23.5 Å². The van der Waals surface area contributed by atoms with Gasteiger partial charge in [-0.2, -0.15) is 0 Å². The summed E-state index contributed by atoms with van der Waals surface area (Å²) < 4.78 is 0. The zero-order chi connectivity index (χ0) is 16.9. The molecule has 0 atom stereocenters. The lowest BCUT2D eigenvalue weighted by Gasteiger charge is -2.12. The molecule has 2 heterocycles. The van der Waals surface area contributed by atoms with E-state index >= 15 is 0 Å². The highest BCUT2D eigenvalue weighted by molar-refractivity contribution is 7.12. The summed E-state index contributed by atoms with van der Waals surface area (Å²) in [4.78, 5) is 40.0. The highest BCUT2D eigenvalue weighted by Crippen LogP contribution is 2.32. The van der Waals surface area contributed by atoms with E-state index in [4.69, 9.17) is 23.2 Å². The van der Waals surface area contributed by atoms with Crippen LogP contribution >= 0.6 is 34.5 Å². The Balaban J connectivity index is 1.91. The fraction of sp³-hybridized carbons (Fsp3) is 0.188. The normalized spacial score (nSPS) is 13.7. The smallest absolute Gasteiger partial charge is 0.262 e. The van der Waals surface area contributed by atoms with Crippen molar-refractivity contribution in [2.45, 2.75) is 13.8 Å². The standard InChI is InChI=1S/C16H11Cl2NO3S/c1-7-3-9(8(2)23-7)14(20)6-19-15(21)10-4-12(17)13(18)5-11(10)16(19)22/h3-5H,6H2,1-2H3. The van der Waals surface area contributed by atoms with Crippen LogP contribution in [0.5, 0.6) is 0 Å². The average Bonchev–Trinajstić information content (AvgIpc) is 2.93. The molecule has 7 heteroatoms. The van der Waals surface area contributed by atoms with Gasteiger partial charge in [-0.15, -0.1) is 11.3 Å². The van der Waals surface area contributed by atoms with Gasteiger partial charge in [-0.25, -0.2) is 0 Å². The lowest BCUT2D eigenvalue weighted by atomic mass is 10.1. The van der Waals surface area contributed by atoms with Crippen molar-refractivity contribution in [3.05, 3.63) is 54.7 Å². The minimum Gasteiger partial charge on any atom is -0.292 e. The minimum absolute atomic E-state index is 0.176. The molecule has 0 saturated carbocycles. The van der Waals surface area contributed by atoms with Crippen LogP contribution in [-0.4, -0.2) is 29.0 Å². The van der Waals surface area contributed by atoms with Crippen LogP contribution < -0.4 is 0 Å². The third kappa shape index (κ3) is 2.69. The monoisotopic (exact) mass is 367 g/mol. The number of hydrogen-bond acceptors (Lipinski definition) is 4. The number of thiophene rings is 1. The van der Waals surface area contributed by atoms with E-state index in [-0.39, 0.29) is 33.5 Å². The van der Waals surface area contributed by atoms with E-state index in [2.05, 4.69) is 0 Å². The van der Waals surface area contributed by atoms with Gasteiger partial charge in [0, 0.05) is 15.3 Å². The van der Waals surface area contributed by atoms with Gasteiger partial charge >= 0.3 is 0 Å². The summed E-state index contributed by atoms with van der Waals surface area (Å²) in [5, 5.41) is 0.396. The Bertz CT molecular complexity index is 831. The van der Waals surface area contributed by atoms with Crippen molar-refractivity contribution in [2.24, 2.45) is 0 Å². The summed E-state index contributed by atoms with van der Waals surface area (Å²) in [5.74, 6) is -1.32. The second-order valence-corrected chi connectivity index (χ2v) is 7.53. The Morgan fingerprint density at radius 1 is 1.04 bits per heavy atom. The molecule has 2 aromatic rings. The summed E-state index contributed by atoms with van der Waals surface area (Å²) >= 11 is 13.3. The number of aryl methyl sites for hydroxylation is 2. The van der Waals surface area contributed by atoms with Crippen LogP contribution in [0.25, 0.3) is 0 Å². The van der Waals surface area contributed by atoms with Crippen molar-refractivity contribution >= 4 is 52.1 Å². The van der Waals surface area contributed by atoms with Crippen LogP contribution in [0.2, 0.25) is 10.0 Å². The molecule has 118 valence electrons. The predicted octanol–water partition coefficient (Wildman–Crippen LogP) is 4.15. The topological polar surface area (TPSA) is 54.5 Å². The lowest BCUT2D eigenvalue weighted by molar-refractivity contribution is 0.0624. The highest BCUT2D eigenvalue weighted by Gasteiger charge is 2.37. The summed E-state index contributed by atoms with van der Waals surface area (Å²) in [7, 11) is 0. The number of amides is 2. The first-order valence-corrected chi connectivity index (χ1v) is 8.32. The molecule has 2 amide bonds. The summed E-state index contributed by atoms with van der Waals surface area (Å²) in [6, 6.07) is 4.50. The van der Waals surface area contributed by atoms with Gasteiger partial charge in [0.15, 0.2) is 5.78 Å². The molecule has 3 rings (SSSR count). The van der Waals surface area contributed by atoms with Gasteiger partial charge in [-0.05, 0) is 32.0 Å². The number of halogens is 2. The molecule has 0 N–H and O–H groups in total. The van der Waals surface area contributed by atoms with Crippen LogP contribution in [-0.2, 0) is 0 Å². The summed E-state index contributed by atoms with van der Waals surface area (Å²) in [6.07, 6.45) is 0. The molecular weight excluding hydrogens is 357 g/mol. The fourth-order valence-corrected chi connectivity index (χ4v) is 3.83. The molecule has 1 aliphatic heterocycles. The Hall–Kier alpha value is -1.69. The highest BCUT2D eigenvalue weighted by atomic mass is 35.5. The molecule has 4 nitrogen and oxygen atoms in total. The van der Waals surface area contributed by atoms with Crippen molar-refractivity contribution in [1.82, 2.24) is 4.90 Å². The maximum atomic E-state index is 12.4. The quantitative estimate of drug-likeness (QED) is 0.604. The zero-order valence-electron chi connectivity index (χ0n) is 12.3. The van der Waals surface area contributed by atoms with Gasteiger partial charge < -0.3 is 0 Å². The molecule has 0 fully saturated rings. The van der Waals surface area contributed by atoms with E-state index in [0.29, 0.717) is 5.56 Å². The van der Waals surface area contributed by atoms with Crippen LogP contribution in [0.1, 0.15) is 40.8 Å². The largest absolute Gasteiger partial charge is 0.292 e. The number of fused-ring (bicyclic) bond motifs is 1. The first-order chi connectivity index (χ1) is 10.8. The second-order valence-electron chi connectivity index (χ2n) is 5.26. The van der Waals surface area contributed by atoms with Gasteiger partial charge in [-0.1, -0.05) is 23.2 Å². The van der Waals surface area contributed by atoms with Gasteiger partial charge in [0.2, 0.25) is 0 Å². The molecule has 1 aromatic carbocycles. The summed E-state index contributed by atoms with van der Waals surface area (Å²) in [5.41, 5.74) is 0.894. The lowest BCUT2D eigenvalue weighted by Crippen LogP contribution is -2.34. The molecule has 0 unspecified atom stereocenters. The molecule has 1 aliphatic rings. The van der Waals surface area contributed by atoms with Crippen LogP contribution in [0.15, 0.2) is 18.2 Å². The molecule has 23 heavy (non-hydrogen) atoms. The third-order valence-electron chi connectivity index (χ3n) is 3.65. The number of nitrogens with zero attached hydrogens (tertiary/aromatic N) is 1. The first kappa shape index (κ1) is 16.2. The van der Waals surface area contributed by atoms with E-state index in [1.807, 2.05) is 13.8 Å². The Labute approximate surface area is 146 Å². The number of carbonyl (C=O) groups excluding carboxylic acids is 3. The Kier molecular flexibility index (Phi) is 4.04. The molecule has 1 aromatic heterocycles. The molecule has 0 aliphatic carbocycles. The second kappa shape index (κ2) is 5.74. The molecule has 0 radical (unpaired) electrons. The Morgan fingerprint density at radius 3 is 2.00 bits per heavy atom. The maximum Gasteiger partial charge on any atom is 0.262 e.